The molecule has 0 atom stereocenters. The zero-order valence-corrected chi connectivity index (χ0v) is 12.7. The van der Waals surface area contributed by atoms with Crippen molar-refractivity contribution in [2.24, 2.45) is 0 Å². The summed E-state index contributed by atoms with van der Waals surface area (Å²) in [5.41, 5.74) is 2.13. The van der Waals surface area contributed by atoms with Crippen molar-refractivity contribution < 1.29 is 9.53 Å². The van der Waals surface area contributed by atoms with Gasteiger partial charge in [0.25, 0.3) is 5.91 Å². The predicted molar refractivity (Wildman–Crippen MR) is 85.5 cm³/mol. The molecule has 0 aliphatic rings. The van der Waals surface area contributed by atoms with Crippen LogP contribution < -0.4 is 10.1 Å². The second-order valence-corrected chi connectivity index (χ2v) is 5.21. The first-order valence-electron chi connectivity index (χ1n) is 6.75. The van der Waals surface area contributed by atoms with Gasteiger partial charge in [-0.1, -0.05) is 23.7 Å². The summed E-state index contributed by atoms with van der Waals surface area (Å²) in [6, 6.07) is 10.7. The zero-order chi connectivity index (χ0) is 15.5. The second-order valence-electron chi connectivity index (χ2n) is 4.80. The molecule has 2 heterocycles. The Morgan fingerprint density at radius 2 is 2.14 bits per heavy atom. The Morgan fingerprint density at radius 1 is 1.32 bits per heavy atom. The van der Waals surface area contributed by atoms with E-state index < -0.39 is 0 Å². The van der Waals surface area contributed by atoms with Crippen molar-refractivity contribution in [3.63, 3.8) is 0 Å². The molecule has 3 rings (SSSR count). The van der Waals surface area contributed by atoms with E-state index in [9.17, 15) is 4.79 Å². The third-order valence-corrected chi connectivity index (χ3v) is 3.40. The van der Waals surface area contributed by atoms with Crippen molar-refractivity contribution in [3.05, 3.63) is 59.5 Å². The number of ether oxygens (including phenoxy) is 1. The van der Waals surface area contributed by atoms with Gasteiger partial charge < -0.3 is 14.5 Å². The summed E-state index contributed by atoms with van der Waals surface area (Å²) in [4.78, 5) is 16.3. The van der Waals surface area contributed by atoms with E-state index in [1.807, 2.05) is 29.8 Å². The van der Waals surface area contributed by atoms with E-state index in [1.165, 1.54) is 0 Å². The SMILES string of the molecule is Cc1cn2cccc(OCC(=O)Nc3ccccc3Cl)c2n1. The van der Waals surface area contributed by atoms with Crippen LogP contribution in [0.15, 0.2) is 48.8 Å². The van der Waals surface area contributed by atoms with E-state index in [1.54, 1.807) is 30.3 Å². The van der Waals surface area contributed by atoms with Crippen LogP contribution in [-0.4, -0.2) is 21.9 Å². The minimum absolute atomic E-state index is 0.114. The molecule has 22 heavy (non-hydrogen) atoms. The zero-order valence-electron chi connectivity index (χ0n) is 11.9. The fourth-order valence-electron chi connectivity index (χ4n) is 2.11. The van der Waals surface area contributed by atoms with Crippen LogP contribution in [-0.2, 0) is 4.79 Å². The van der Waals surface area contributed by atoms with E-state index in [4.69, 9.17) is 16.3 Å². The summed E-state index contributed by atoms with van der Waals surface area (Å²) in [5, 5.41) is 3.20. The number of rotatable bonds is 4. The number of para-hydroxylation sites is 1. The quantitative estimate of drug-likeness (QED) is 0.803. The van der Waals surface area contributed by atoms with Crippen LogP contribution in [0.5, 0.6) is 5.75 Å². The summed E-state index contributed by atoms with van der Waals surface area (Å²) in [5.74, 6) is 0.281. The average molecular weight is 316 g/mol. The predicted octanol–water partition coefficient (Wildman–Crippen LogP) is 3.31. The molecule has 0 saturated carbocycles. The van der Waals surface area contributed by atoms with Gasteiger partial charge in [-0.25, -0.2) is 4.98 Å². The van der Waals surface area contributed by atoms with Crippen molar-refractivity contribution in [2.45, 2.75) is 6.92 Å². The van der Waals surface area contributed by atoms with Crippen LogP contribution in [0.25, 0.3) is 5.65 Å². The molecule has 0 bridgehead atoms. The highest BCUT2D eigenvalue weighted by atomic mass is 35.5. The highest BCUT2D eigenvalue weighted by molar-refractivity contribution is 6.33. The van der Waals surface area contributed by atoms with Crippen LogP contribution in [0.2, 0.25) is 5.02 Å². The topological polar surface area (TPSA) is 55.6 Å². The Kier molecular flexibility index (Phi) is 3.98. The number of halogens is 1. The number of pyridine rings is 1. The summed E-state index contributed by atoms with van der Waals surface area (Å²) in [6.07, 6.45) is 3.78. The van der Waals surface area contributed by atoms with Gasteiger partial charge >= 0.3 is 0 Å². The van der Waals surface area contributed by atoms with E-state index in [2.05, 4.69) is 10.3 Å². The Balaban J connectivity index is 1.69. The fraction of sp³-hybridized carbons (Fsp3) is 0.125. The van der Waals surface area contributed by atoms with Gasteiger partial charge in [-0.2, -0.15) is 0 Å². The molecule has 1 amide bonds. The fourth-order valence-corrected chi connectivity index (χ4v) is 2.30. The second kappa shape index (κ2) is 6.07. The van der Waals surface area contributed by atoms with Crippen LogP contribution in [0.1, 0.15) is 5.69 Å². The van der Waals surface area contributed by atoms with Gasteiger partial charge in [-0.15, -0.1) is 0 Å². The number of carbonyl (C=O) groups excluding carboxylic acids is 1. The number of hydrogen-bond donors (Lipinski definition) is 1. The first-order chi connectivity index (χ1) is 10.6. The molecule has 112 valence electrons. The lowest BCUT2D eigenvalue weighted by Gasteiger charge is -2.09. The number of aromatic nitrogens is 2. The molecular weight excluding hydrogens is 302 g/mol. The minimum Gasteiger partial charge on any atom is -0.480 e. The standard InChI is InChI=1S/C16H14ClN3O2/c1-11-9-20-8-4-7-14(16(20)18-11)22-10-15(21)19-13-6-3-2-5-12(13)17/h2-9H,10H2,1H3,(H,19,21). The molecule has 5 nitrogen and oxygen atoms in total. The van der Waals surface area contributed by atoms with Gasteiger partial charge in [-0.3, -0.25) is 4.79 Å². The number of anilines is 1. The number of aryl methyl sites for hydroxylation is 1. The molecule has 0 unspecified atom stereocenters. The van der Waals surface area contributed by atoms with Gasteiger partial charge in [0, 0.05) is 12.4 Å². The van der Waals surface area contributed by atoms with Gasteiger partial charge in [-0.05, 0) is 31.2 Å². The highest BCUT2D eigenvalue weighted by Crippen LogP contribution is 2.21. The number of fused-ring (bicyclic) bond motifs is 1. The molecule has 0 radical (unpaired) electrons. The number of nitrogens with zero attached hydrogens (tertiary/aromatic N) is 2. The number of hydrogen-bond acceptors (Lipinski definition) is 3. The Morgan fingerprint density at radius 3 is 2.95 bits per heavy atom. The third kappa shape index (κ3) is 3.04. The first kappa shape index (κ1) is 14.4. The number of nitrogens with one attached hydrogen (secondary N) is 1. The van der Waals surface area contributed by atoms with Crippen molar-refractivity contribution >= 4 is 28.8 Å². The van der Waals surface area contributed by atoms with E-state index in [0.717, 1.165) is 5.69 Å². The maximum Gasteiger partial charge on any atom is 0.262 e. The van der Waals surface area contributed by atoms with Gasteiger partial charge in [0.15, 0.2) is 18.0 Å². The van der Waals surface area contributed by atoms with Crippen LogP contribution in [0, 0.1) is 6.92 Å². The van der Waals surface area contributed by atoms with Crippen molar-refractivity contribution in [1.29, 1.82) is 0 Å². The van der Waals surface area contributed by atoms with E-state index >= 15 is 0 Å². The lowest BCUT2D eigenvalue weighted by atomic mass is 10.3. The smallest absolute Gasteiger partial charge is 0.262 e. The van der Waals surface area contributed by atoms with Crippen molar-refractivity contribution in [1.82, 2.24) is 9.38 Å². The Labute approximate surface area is 132 Å². The van der Waals surface area contributed by atoms with Crippen molar-refractivity contribution in [2.75, 3.05) is 11.9 Å². The molecule has 1 N–H and O–H groups in total. The molecule has 6 heteroatoms. The number of benzene rings is 1. The number of imidazole rings is 1. The van der Waals surface area contributed by atoms with Crippen molar-refractivity contribution in [3.8, 4) is 5.75 Å². The molecule has 2 aromatic heterocycles. The van der Waals surface area contributed by atoms with E-state index in [-0.39, 0.29) is 12.5 Å². The molecule has 0 saturated heterocycles. The summed E-state index contributed by atoms with van der Waals surface area (Å²) in [6.45, 7) is 1.79. The van der Waals surface area contributed by atoms with E-state index in [0.29, 0.717) is 22.1 Å². The maximum absolute atomic E-state index is 12.0. The maximum atomic E-state index is 12.0. The Bertz CT molecular complexity index is 829. The monoisotopic (exact) mass is 315 g/mol. The lowest BCUT2D eigenvalue weighted by molar-refractivity contribution is -0.118. The van der Waals surface area contributed by atoms with Gasteiger partial charge in [0.05, 0.1) is 16.4 Å². The van der Waals surface area contributed by atoms with Crippen LogP contribution in [0.4, 0.5) is 5.69 Å². The number of amides is 1. The molecule has 3 aromatic rings. The van der Waals surface area contributed by atoms with Gasteiger partial charge in [0.1, 0.15) is 0 Å². The normalized spacial score (nSPS) is 10.6. The molecule has 1 aromatic carbocycles. The Hall–Kier alpha value is -2.53. The molecule has 0 fully saturated rings. The molecular formula is C16H14ClN3O2. The van der Waals surface area contributed by atoms with Crippen LogP contribution in [0.3, 0.4) is 0 Å². The molecule has 0 spiro atoms. The number of carbonyl (C=O) groups is 1. The lowest BCUT2D eigenvalue weighted by Crippen LogP contribution is -2.20. The summed E-state index contributed by atoms with van der Waals surface area (Å²) in [7, 11) is 0. The summed E-state index contributed by atoms with van der Waals surface area (Å²) >= 11 is 6.00. The molecule has 0 aliphatic carbocycles. The summed E-state index contributed by atoms with van der Waals surface area (Å²) < 4.78 is 7.43. The van der Waals surface area contributed by atoms with Gasteiger partial charge in [0.2, 0.25) is 0 Å². The van der Waals surface area contributed by atoms with Crippen LogP contribution >= 0.6 is 11.6 Å². The molecule has 0 aliphatic heterocycles. The average Bonchev–Trinajstić information content (AvgIpc) is 2.88. The minimum atomic E-state index is -0.279. The first-order valence-corrected chi connectivity index (χ1v) is 7.13. The largest absolute Gasteiger partial charge is 0.480 e. The third-order valence-electron chi connectivity index (χ3n) is 3.07. The highest BCUT2D eigenvalue weighted by Gasteiger charge is 2.09.